The summed E-state index contributed by atoms with van der Waals surface area (Å²) in [6.07, 6.45) is 0.876. The maximum atomic E-state index is 8.81. The first-order valence-corrected chi connectivity index (χ1v) is 5.67. The number of rotatable bonds is 5. The molecule has 1 aromatic rings. The topological polar surface area (TPSA) is 32.3 Å². The summed E-state index contributed by atoms with van der Waals surface area (Å²) in [6, 6.07) is 5.76. The molecule has 5 heteroatoms. The first-order valence-electron chi connectivity index (χ1n) is 4.91. The number of aliphatic hydroxyl groups excluding tert-OH is 1. The van der Waals surface area contributed by atoms with Gasteiger partial charge in [-0.05, 0) is 37.6 Å². The molecule has 1 atom stereocenters. The molecule has 0 aliphatic carbocycles. The van der Waals surface area contributed by atoms with Crippen LogP contribution in [-0.4, -0.2) is 24.3 Å². The van der Waals surface area contributed by atoms with Gasteiger partial charge in [-0.2, -0.15) is 0 Å². The van der Waals surface area contributed by atoms with Crippen molar-refractivity contribution >= 4 is 35.6 Å². The van der Waals surface area contributed by atoms with Gasteiger partial charge in [0, 0.05) is 6.04 Å². The Bertz CT molecular complexity index is 320. The van der Waals surface area contributed by atoms with Crippen molar-refractivity contribution in [3.05, 3.63) is 33.8 Å². The zero-order valence-corrected chi connectivity index (χ0v) is 11.4. The van der Waals surface area contributed by atoms with Gasteiger partial charge < -0.3 is 10.4 Å². The van der Waals surface area contributed by atoms with Crippen molar-refractivity contribution < 1.29 is 5.11 Å². The normalized spacial score (nSPS) is 12.0. The van der Waals surface area contributed by atoms with E-state index in [-0.39, 0.29) is 25.1 Å². The minimum atomic E-state index is 0. The molecular weight excluding hydrogens is 268 g/mol. The van der Waals surface area contributed by atoms with Gasteiger partial charge in [0.2, 0.25) is 0 Å². The second-order valence-corrected chi connectivity index (χ2v) is 4.35. The Hall–Kier alpha value is 0.01000. The molecule has 0 aliphatic rings. The highest BCUT2D eigenvalue weighted by Gasteiger charge is 2.01. The fourth-order valence-electron chi connectivity index (χ4n) is 1.22. The van der Waals surface area contributed by atoms with Crippen LogP contribution in [0.15, 0.2) is 18.2 Å². The van der Waals surface area contributed by atoms with E-state index in [1.54, 1.807) is 6.07 Å². The fraction of sp³-hybridized carbons (Fsp3) is 0.455. The number of aliphatic hydroxyl groups is 1. The molecule has 1 aromatic carbocycles. The monoisotopic (exact) mass is 283 g/mol. The van der Waals surface area contributed by atoms with E-state index in [2.05, 4.69) is 5.32 Å². The van der Waals surface area contributed by atoms with Gasteiger partial charge in [0.25, 0.3) is 0 Å². The second kappa shape index (κ2) is 8.15. The highest BCUT2D eigenvalue weighted by molar-refractivity contribution is 6.42. The van der Waals surface area contributed by atoms with Crippen LogP contribution in [0.2, 0.25) is 10.0 Å². The zero-order valence-electron chi connectivity index (χ0n) is 9.04. The van der Waals surface area contributed by atoms with Gasteiger partial charge in [-0.1, -0.05) is 29.3 Å². The van der Waals surface area contributed by atoms with E-state index in [1.165, 1.54) is 0 Å². The molecule has 0 amide bonds. The van der Waals surface area contributed by atoms with Gasteiger partial charge in [-0.15, -0.1) is 12.4 Å². The van der Waals surface area contributed by atoms with Crippen molar-refractivity contribution in [2.75, 3.05) is 13.2 Å². The Morgan fingerprint density at radius 2 is 2.00 bits per heavy atom. The SMILES string of the molecule is CC(CO)NCCc1ccc(Cl)c(Cl)c1.Cl. The van der Waals surface area contributed by atoms with E-state index in [4.69, 9.17) is 28.3 Å². The number of hydrogen-bond donors (Lipinski definition) is 2. The van der Waals surface area contributed by atoms with Crippen LogP contribution in [0.1, 0.15) is 12.5 Å². The Labute approximate surface area is 112 Å². The van der Waals surface area contributed by atoms with Gasteiger partial charge in [0.1, 0.15) is 0 Å². The Morgan fingerprint density at radius 1 is 1.31 bits per heavy atom. The highest BCUT2D eigenvalue weighted by atomic mass is 35.5. The van der Waals surface area contributed by atoms with Crippen LogP contribution in [0.5, 0.6) is 0 Å². The molecule has 0 aliphatic heterocycles. The minimum absolute atomic E-state index is 0. The Kier molecular flexibility index (Phi) is 8.16. The van der Waals surface area contributed by atoms with Crippen molar-refractivity contribution in [2.24, 2.45) is 0 Å². The van der Waals surface area contributed by atoms with Crippen LogP contribution in [-0.2, 0) is 6.42 Å². The third-order valence-corrected chi connectivity index (χ3v) is 2.90. The van der Waals surface area contributed by atoms with Crippen molar-refractivity contribution in [2.45, 2.75) is 19.4 Å². The first kappa shape index (κ1) is 16.0. The molecule has 1 rings (SSSR count). The highest BCUT2D eigenvalue weighted by Crippen LogP contribution is 2.22. The summed E-state index contributed by atoms with van der Waals surface area (Å²) in [5, 5.41) is 13.2. The van der Waals surface area contributed by atoms with E-state index < -0.39 is 0 Å². The van der Waals surface area contributed by atoms with Crippen LogP contribution in [0.4, 0.5) is 0 Å². The van der Waals surface area contributed by atoms with Crippen LogP contribution in [0, 0.1) is 0 Å². The molecule has 0 aromatic heterocycles. The summed E-state index contributed by atoms with van der Waals surface area (Å²) in [7, 11) is 0. The van der Waals surface area contributed by atoms with Gasteiger partial charge in [0.15, 0.2) is 0 Å². The van der Waals surface area contributed by atoms with Crippen molar-refractivity contribution in [1.29, 1.82) is 0 Å². The summed E-state index contributed by atoms with van der Waals surface area (Å²) in [5.41, 5.74) is 1.14. The molecule has 16 heavy (non-hydrogen) atoms. The average molecular weight is 285 g/mol. The lowest BCUT2D eigenvalue weighted by atomic mass is 10.1. The molecule has 2 nitrogen and oxygen atoms in total. The summed E-state index contributed by atoms with van der Waals surface area (Å²) in [5.74, 6) is 0. The standard InChI is InChI=1S/C11H15Cl2NO.ClH/c1-8(7-15)14-5-4-9-2-3-10(12)11(13)6-9;/h2-3,6,8,14-15H,4-5,7H2,1H3;1H. The average Bonchev–Trinajstić information content (AvgIpc) is 2.23. The summed E-state index contributed by atoms with van der Waals surface area (Å²) >= 11 is 11.7. The predicted molar refractivity (Wildman–Crippen MR) is 72.0 cm³/mol. The molecule has 0 spiro atoms. The number of halogens is 3. The second-order valence-electron chi connectivity index (χ2n) is 3.54. The lowest BCUT2D eigenvalue weighted by molar-refractivity contribution is 0.252. The first-order chi connectivity index (χ1) is 7.13. The van der Waals surface area contributed by atoms with Gasteiger partial charge >= 0.3 is 0 Å². The summed E-state index contributed by atoms with van der Waals surface area (Å²) < 4.78 is 0. The maximum Gasteiger partial charge on any atom is 0.0595 e. The zero-order chi connectivity index (χ0) is 11.3. The molecular formula is C11H16Cl3NO. The van der Waals surface area contributed by atoms with E-state index in [0.717, 1.165) is 18.5 Å². The number of nitrogens with one attached hydrogen (secondary N) is 1. The molecule has 0 saturated carbocycles. The van der Waals surface area contributed by atoms with Crippen LogP contribution in [0.25, 0.3) is 0 Å². The Balaban J connectivity index is 0.00000225. The molecule has 0 radical (unpaired) electrons. The number of benzene rings is 1. The molecule has 2 N–H and O–H groups in total. The minimum Gasteiger partial charge on any atom is -0.395 e. The van der Waals surface area contributed by atoms with E-state index >= 15 is 0 Å². The van der Waals surface area contributed by atoms with Crippen molar-refractivity contribution in [3.63, 3.8) is 0 Å². The third-order valence-electron chi connectivity index (χ3n) is 2.16. The third kappa shape index (κ3) is 5.37. The maximum absolute atomic E-state index is 8.81. The largest absolute Gasteiger partial charge is 0.395 e. The summed E-state index contributed by atoms with van der Waals surface area (Å²) in [6.45, 7) is 2.91. The quantitative estimate of drug-likeness (QED) is 0.871. The van der Waals surface area contributed by atoms with Crippen molar-refractivity contribution in [3.8, 4) is 0 Å². The lowest BCUT2D eigenvalue weighted by Crippen LogP contribution is -2.30. The molecule has 0 heterocycles. The lowest BCUT2D eigenvalue weighted by Gasteiger charge is -2.10. The van der Waals surface area contributed by atoms with Crippen LogP contribution >= 0.6 is 35.6 Å². The fourth-order valence-corrected chi connectivity index (χ4v) is 1.54. The molecule has 1 unspecified atom stereocenters. The van der Waals surface area contributed by atoms with Crippen LogP contribution in [0.3, 0.4) is 0 Å². The molecule has 0 saturated heterocycles. The summed E-state index contributed by atoms with van der Waals surface area (Å²) in [4.78, 5) is 0. The van der Waals surface area contributed by atoms with E-state index in [9.17, 15) is 0 Å². The van der Waals surface area contributed by atoms with Gasteiger partial charge in [0.05, 0.1) is 16.7 Å². The smallest absolute Gasteiger partial charge is 0.0595 e. The van der Waals surface area contributed by atoms with Crippen LogP contribution < -0.4 is 5.32 Å². The van der Waals surface area contributed by atoms with E-state index in [1.807, 2.05) is 19.1 Å². The van der Waals surface area contributed by atoms with Gasteiger partial charge in [-0.25, -0.2) is 0 Å². The molecule has 0 fully saturated rings. The predicted octanol–water partition coefficient (Wildman–Crippen LogP) is 2.93. The molecule has 92 valence electrons. The Morgan fingerprint density at radius 3 is 2.56 bits per heavy atom. The van der Waals surface area contributed by atoms with Gasteiger partial charge in [-0.3, -0.25) is 0 Å². The van der Waals surface area contributed by atoms with E-state index in [0.29, 0.717) is 10.0 Å². The number of hydrogen-bond acceptors (Lipinski definition) is 2. The molecule has 0 bridgehead atoms. The van der Waals surface area contributed by atoms with Crippen molar-refractivity contribution in [1.82, 2.24) is 5.32 Å².